The molecule has 0 saturated carbocycles. The number of rotatable bonds is 0. The molecule has 0 aromatic rings. The van der Waals surface area contributed by atoms with E-state index in [-0.39, 0.29) is 17.5 Å². The summed E-state index contributed by atoms with van der Waals surface area (Å²) in [6, 6.07) is 0.264. The Morgan fingerprint density at radius 3 is 2.60 bits per heavy atom. The lowest BCUT2D eigenvalue weighted by molar-refractivity contribution is -0.128. The summed E-state index contributed by atoms with van der Waals surface area (Å²) in [5, 5.41) is 6.01. The molecule has 0 bridgehead atoms. The Bertz CT molecular complexity index is 154. The van der Waals surface area contributed by atoms with E-state index in [9.17, 15) is 4.79 Å². The summed E-state index contributed by atoms with van der Waals surface area (Å²) in [5.41, 5.74) is -0.382. The van der Waals surface area contributed by atoms with Crippen LogP contribution >= 0.6 is 0 Å². The van der Waals surface area contributed by atoms with Crippen LogP contribution in [0.4, 0.5) is 0 Å². The van der Waals surface area contributed by atoms with Gasteiger partial charge in [0.2, 0.25) is 5.91 Å². The van der Waals surface area contributed by atoms with Gasteiger partial charge in [-0.1, -0.05) is 0 Å². The van der Waals surface area contributed by atoms with Crippen molar-refractivity contribution in [1.82, 2.24) is 10.6 Å². The minimum Gasteiger partial charge on any atom is -0.351 e. The molecule has 3 heteroatoms. The molecule has 0 aromatic heterocycles. The maximum Gasteiger partial charge on any atom is 0.239 e. The number of amides is 1. The Morgan fingerprint density at radius 2 is 2.20 bits per heavy atom. The molecule has 1 aliphatic rings. The molecule has 0 aromatic carbocycles. The van der Waals surface area contributed by atoms with Gasteiger partial charge < -0.3 is 10.6 Å². The molecule has 0 unspecified atom stereocenters. The van der Waals surface area contributed by atoms with Crippen molar-refractivity contribution in [3.8, 4) is 0 Å². The largest absolute Gasteiger partial charge is 0.351 e. The van der Waals surface area contributed by atoms with E-state index in [0.29, 0.717) is 0 Å². The third-order valence-electron chi connectivity index (χ3n) is 1.80. The molecule has 1 atom stereocenters. The average molecular weight is 142 g/mol. The van der Waals surface area contributed by atoms with Crippen LogP contribution in [0.15, 0.2) is 0 Å². The molecule has 1 rings (SSSR count). The third kappa shape index (κ3) is 1.29. The molecular weight excluding hydrogens is 128 g/mol. The lowest BCUT2D eigenvalue weighted by atomic mass is 10.0. The van der Waals surface area contributed by atoms with Gasteiger partial charge in [0.25, 0.3) is 0 Å². The normalized spacial score (nSPS) is 31.5. The van der Waals surface area contributed by atoms with Crippen molar-refractivity contribution < 1.29 is 4.79 Å². The first-order valence-electron chi connectivity index (χ1n) is 3.58. The highest BCUT2D eigenvalue weighted by Crippen LogP contribution is 2.06. The lowest BCUT2D eigenvalue weighted by Crippen LogP contribution is -2.63. The molecule has 0 radical (unpaired) electrons. The number of nitrogens with one attached hydrogen (secondary N) is 2. The molecule has 10 heavy (non-hydrogen) atoms. The standard InChI is InChI=1S/C7H14N2O/c1-5-4-8-7(2,3)6(10)9-5/h5,8H,4H2,1-3H3,(H,9,10)/t5-/m1/s1. The van der Waals surface area contributed by atoms with E-state index in [1.807, 2.05) is 20.8 Å². The number of carbonyl (C=O) groups excluding carboxylic acids is 1. The van der Waals surface area contributed by atoms with E-state index < -0.39 is 0 Å². The van der Waals surface area contributed by atoms with E-state index in [0.717, 1.165) is 6.54 Å². The zero-order valence-electron chi connectivity index (χ0n) is 6.69. The van der Waals surface area contributed by atoms with Gasteiger partial charge in [0, 0.05) is 12.6 Å². The molecule has 1 aliphatic heterocycles. The first-order valence-corrected chi connectivity index (χ1v) is 3.58. The van der Waals surface area contributed by atoms with Crippen LogP contribution in [0.3, 0.4) is 0 Å². The van der Waals surface area contributed by atoms with Gasteiger partial charge in [-0.15, -0.1) is 0 Å². The third-order valence-corrected chi connectivity index (χ3v) is 1.80. The Labute approximate surface area is 61.2 Å². The Hall–Kier alpha value is -0.570. The lowest BCUT2D eigenvalue weighted by Gasteiger charge is -2.33. The zero-order chi connectivity index (χ0) is 7.78. The highest BCUT2D eigenvalue weighted by molar-refractivity contribution is 5.86. The van der Waals surface area contributed by atoms with Gasteiger partial charge >= 0.3 is 0 Å². The van der Waals surface area contributed by atoms with Crippen molar-refractivity contribution in [2.24, 2.45) is 0 Å². The smallest absolute Gasteiger partial charge is 0.239 e. The van der Waals surface area contributed by atoms with Crippen LogP contribution in [0.1, 0.15) is 20.8 Å². The van der Waals surface area contributed by atoms with Crippen molar-refractivity contribution >= 4 is 5.91 Å². The summed E-state index contributed by atoms with van der Waals surface area (Å²) in [5.74, 6) is 0.0891. The molecule has 2 N–H and O–H groups in total. The van der Waals surface area contributed by atoms with Crippen LogP contribution in [-0.4, -0.2) is 24.0 Å². The summed E-state index contributed by atoms with van der Waals surface area (Å²) in [4.78, 5) is 11.2. The molecule has 0 spiro atoms. The van der Waals surface area contributed by atoms with Crippen LogP contribution in [-0.2, 0) is 4.79 Å². The van der Waals surface area contributed by atoms with Gasteiger partial charge in [-0.25, -0.2) is 0 Å². The van der Waals surface area contributed by atoms with E-state index in [1.54, 1.807) is 0 Å². The van der Waals surface area contributed by atoms with Gasteiger partial charge in [-0.05, 0) is 20.8 Å². The van der Waals surface area contributed by atoms with Crippen LogP contribution in [0.2, 0.25) is 0 Å². The number of hydrogen-bond acceptors (Lipinski definition) is 2. The van der Waals surface area contributed by atoms with Crippen molar-refractivity contribution in [2.75, 3.05) is 6.54 Å². The minimum absolute atomic E-state index is 0.0891. The fourth-order valence-electron chi connectivity index (χ4n) is 0.944. The maximum absolute atomic E-state index is 11.2. The second kappa shape index (κ2) is 2.23. The summed E-state index contributed by atoms with van der Waals surface area (Å²) in [6.07, 6.45) is 0. The van der Waals surface area contributed by atoms with E-state index in [2.05, 4.69) is 10.6 Å². The SMILES string of the molecule is C[C@@H]1CNC(C)(C)C(=O)N1. The van der Waals surface area contributed by atoms with Gasteiger partial charge in [0.15, 0.2) is 0 Å². The summed E-state index contributed by atoms with van der Waals surface area (Å²) >= 11 is 0. The second-order valence-electron chi connectivity index (χ2n) is 3.38. The quantitative estimate of drug-likeness (QED) is 0.495. The topological polar surface area (TPSA) is 41.1 Å². The number of carbonyl (C=O) groups is 1. The predicted octanol–water partition coefficient (Wildman–Crippen LogP) is -0.127. The van der Waals surface area contributed by atoms with Crippen LogP contribution in [0.25, 0.3) is 0 Å². The second-order valence-corrected chi connectivity index (χ2v) is 3.38. The van der Waals surface area contributed by atoms with Crippen LogP contribution < -0.4 is 10.6 Å². The Morgan fingerprint density at radius 1 is 1.60 bits per heavy atom. The van der Waals surface area contributed by atoms with Crippen molar-refractivity contribution in [3.05, 3.63) is 0 Å². The zero-order valence-corrected chi connectivity index (χ0v) is 6.69. The Kier molecular flexibility index (Phi) is 1.68. The summed E-state index contributed by atoms with van der Waals surface area (Å²) in [7, 11) is 0. The molecule has 1 fully saturated rings. The van der Waals surface area contributed by atoms with E-state index in [4.69, 9.17) is 0 Å². The van der Waals surface area contributed by atoms with Gasteiger partial charge in [0.05, 0.1) is 5.54 Å². The average Bonchev–Trinajstić information content (AvgIpc) is 1.81. The fourth-order valence-corrected chi connectivity index (χ4v) is 0.944. The maximum atomic E-state index is 11.2. The first-order chi connectivity index (χ1) is 4.52. The van der Waals surface area contributed by atoms with E-state index in [1.165, 1.54) is 0 Å². The van der Waals surface area contributed by atoms with Crippen molar-refractivity contribution in [3.63, 3.8) is 0 Å². The van der Waals surface area contributed by atoms with Crippen LogP contribution in [0.5, 0.6) is 0 Å². The molecule has 1 amide bonds. The fraction of sp³-hybridized carbons (Fsp3) is 0.857. The molecule has 1 heterocycles. The minimum atomic E-state index is -0.382. The summed E-state index contributed by atoms with van der Waals surface area (Å²) < 4.78 is 0. The molecule has 0 aliphatic carbocycles. The van der Waals surface area contributed by atoms with Crippen molar-refractivity contribution in [2.45, 2.75) is 32.4 Å². The number of hydrogen-bond donors (Lipinski definition) is 2. The van der Waals surface area contributed by atoms with E-state index >= 15 is 0 Å². The monoisotopic (exact) mass is 142 g/mol. The first kappa shape index (κ1) is 7.54. The molecular formula is C7H14N2O. The number of piperazine rings is 1. The molecule has 1 saturated heterocycles. The van der Waals surface area contributed by atoms with Gasteiger partial charge in [-0.3, -0.25) is 4.79 Å². The van der Waals surface area contributed by atoms with Crippen LogP contribution in [0, 0.1) is 0 Å². The van der Waals surface area contributed by atoms with Crippen molar-refractivity contribution in [1.29, 1.82) is 0 Å². The summed E-state index contributed by atoms with van der Waals surface area (Å²) in [6.45, 7) is 6.61. The highest BCUT2D eigenvalue weighted by atomic mass is 16.2. The highest BCUT2D eigenvalue weighted by Gasteiger charge is 2.31. The predicted molar refractivity (Wildman–Crippen MR) is 39.7 cm³/mol. The molecule has 3 nitrogen and oxygen atoms in total. The molecule has 58 valence electrons. The van der Waals surface area contributed by atoms with Gasteiger partial charge in [-0.2, -0.15) is 0 Å². The van der Waals surface area contributed by atoms with Gasteiger partial charge in [0.1, 0.15) is 0 Å². The Balaban J connectivity index is 2.61.